The maximum atomic E-state index is 14.3. The van der Waals surface area contributed by atoms with Gasteiger partial charge in [-0.15, -0.1) is 0 Å². The zero-order chi connectivity index (χ0) is 29.6. The van der Waals surface area contributed by atoms with Crippen molar-refractivity contribution < 1.29 is 0 Å². The van der Waals surface area contributed by atoms with Crippen molar-refractivity contribution in [2.45, 2.75) is 0 Å². The number of rotatable bonds is 2. The van der Waals surface area contributed by atoms with E-state index in [1.807, 2.05) is 65.1 Å². The molecule has 0 aliphatic carbocycles. The zero-order valence-corrected chi connectivity index (χ0v) is 24.1. The second-order valence-corrected chi connectivity index (χ2v) is 11.6. The Balaban J connectivity index is 1.41. The Morgan fingerprint density at radius 1 is 0.467 bits per heavy atom. The van der Waals surface area contributed by atoms with Gasteiger partial charge in [-0.3, -0.25) is 13.6 Å². The SMILES string of the molecule is O=c1c2ccccc2c(-c2ccccc2)c2c3nc4cc(-n5c6ccccc6c6ccccc65)ccc4n3c3ccccc3n12. The number of fused-ring (bicyclic) bond motifs is 12. The van der Waals surface area contributed by atoms with Gasteiger partial charge in [0, 0.05) is 27.4 Å². The van der Waals surface area contributed by atoms with Crippen molar-refractivity contribution in [2.24, 2.45) is 0 Å². The first kappa shape index (κ1) is 24.3. The number of pyridine rings is 1. The summed E-state index contributed by atoms with van der Waals surface area (Å²) < 4.78 is 6.41. The number of hydrogen-bond acceptors (Lipinski definition) is 2. The van der Waals surface area contributed by atoms with Crippen LogP contribution >= 0.6 is 0 Å². The van der Waals surface area contributed by atoms with Crippen LogP contribution in [0.5, 0.6) is 0 Å². The monoisotopic (exact) mass is 576 g/mol. The van der Waals surface area contributed by atoms with E-state index >= 15 is 0 Å². The van der Waals surface area contributed by atoms with E-state index < -0.39 is 0 Å². The first-order valence-corrected chi connectivity index (χ1v) is 15.1. The van der Waals surface area contributed by atoms with Gasteiger partial charge in [0.15, 0.2) is 5.65 Å². The summed E-state index contributed by atoms with van der Waals surface area (Å²) in [4.78, 5) is 19.7. The molecular weight excluding hydrogens is 552 g/mol. The third kappa shape index (κ3) is 3.21. The molecule has 0 saturated carbocycles. The molecule has 0 saturated heterocycles. The number of imidazole rings is 1. The minimum atomic E-state index is -0.0444. The molecule has 0 aliphatic rings. The molecule has 10 aromatic rings. The Morgan fingerprint density at radius 3 is 1.71 bits per heavy atom. The predicted molar refractivity (Wildman–Crippen MR) is 185 cm³/mol. The summed E-state index contributed by atoms with van der Waals surface area (Å²) in [5.41, 5.74) is 10.6. The lowest BCUT2D eigenvalue weighted by atomic mass is 9.98. The van der Waals surface area contributed by atoms with Crippen LogP contribution in [0.2, 0.25) is 0 Å². The summed E-state index contributed by atoms with van der Waals surface area (Å²) in [6.45, 7) is 0. The molecule has 0 spiro atoms. The van der Waals surface area contributed by atoms with E-state index in [4.69, 9.17) is 4.98 Å². The van der Waals surface area contributed by atoms with E-state index in [0.717, 1.165) is 66.5 Å². The molecule has 0 fully saturated rings. The van der Waals surface area contributed by atoms with Gasteiger partial charge < -0.3 is 4.57 Å². The highest BCUT2D eigenvalue weighted by Gasteiger charge is 2.22. The zero-order valence-electron chi connectivity index (χ0n) is 24.1. The average Bonchev–Trinajstić information content (AvgIpc) is 3.65. The van der Waals surface area contributed by atoms with Crippen molar-refractivity contribution in [2.75, 3.05) is 0 Å². The standard InChI is InChI=1S/C40H24N4O/c45-40-30-17-5-4-16-29(30)37(25-12-2-1-3-13-25)38-39-41-31-24-26(22-23-34(31)43(39)35-20-10-11-21-36(35)44(38)40)42-32-18-8-6-14-27(32)28-15-7-9-19-33(28)42/h1-24H. The van der Waals surface area contributed by atoms with Gasteiger partial charge in [-0.05, 0) is 59.5 Å². The van der Waals surface area contributed by atoms with Gasteiger partial charge in [-0.25, -0.2) is 4.98 Å². The lowest BCUT2D eigenvalue weighted by Crippen LogP contribution is -2.17. The Labute approximate surface area is 256 Å². The second-order valence-electron chi connectivity index (χ2n) is 11.6. The lowest BCUT2D eigenvalue weighted by Gasteiger charge is -2.16. The fraction of sp³-hybridized carbons (Fsp3) is 0. The first-order valence-electron chi connectivity index (χ1n) is 15.1. The topological polar surface area (TPSA) is 43.7 Å². The van der Waals surface area contributed by atoms with Crippen molar-refractivity contribution in [1.29, 1.82) is 0 Å². The average molecular weight is 577 g/mol. The normalized spacial score (nSPS) is 12.1. The maximum absolute atomic E-state index is 14.3. The van der Waals surface area contributed by atoms with Crippen LogP contribution in [-0.2, 0) is 0 Å². The van der Waals surface area contributed by atoms with Crippen LogP contribution in [0.3, 0.4) is 0 Å². The van der Waals surface area contributed by atoms with Crippen molar-refractivity contribution in [3.8, 4) is 16.8 Å². The van der Waals surface area contributed by atoms with Gasteiger partial charge in [0.25, 0.3) is 5.56 Å². The molecule has 5 heteroatoms. The fourth-order valence-corrected chi connectivity index (χ4v) is 7.34. The van der Waals surface area contributed by atoms with Gasteiger partial charge >= 0.3 is 0 Å². The summed E-state index contributed by atoms with van der Waals surface area (Å²) in [7, 11) is 0. The van der Waals surface area contributed by atoms with Crippen molar-refractivity contribution in [1.82, 2.24) is 18.4 Å². The van der Waals surface area contributed by atoms with Crippen LogP contribution in [0.25, 0.3) is 82.6 Å². The highest BCUT2D eigenvalue weighted by molar-refractivity contribution is 6.11. The Hall–Kier alpha value is -6.20. The van der Waals surface area contributed by atoms with Gasteiger partial charge in [0.2, 0.25) is 0 Å². The molecule has 4 aromatic heterocycles. The van der Waals surface area contributed by atoms with Crippen LogP contribution in [0.15, 0.2) is 150 Å². The van der Waals surface area contributed by atoms with E-state index in [9.17, 15) is 4.79 Å². The minimum Gasteiger partial charge on any atom is -0.309 e. The largest absolute Gasteiger partial charge is 0.309 e. The second kappa shape index (κ2) is 8.91. The van der Waals surface area contributed by atoms with Gasteiger partial charge in [-0.1, -0.05) is 97.1 Å². The molecule has 5 nitrogen and oxygen atoms in total. The van der Waals surface area contributed by atoms with Crippen LogP contribution in [-0.4, -0.2) is 18.4 Å². The lowest BCUT2D eigenvalue weighted by molar-refractivity contribution is 1.14. The van der Waals surface area contributed by atoms with E-state index in [1.165, 1.54) is 10.8 Å². The molecule has 0 N–H and O–H groups in total. The minimum absolute atomic E-state index is 0.0444. The van der Waals surface area contributed by atoms with Crippen molar-refractivity contribution in [3.05, 3.63) is 156 Å². The van der Waals surface area contributed by atoms with Crippen LogP contribution in [0, 0.1) is 0 Å². The fourth-order valence-electron chi connectivity index (χ4n) is 7.34. The summed E-state index contributed by atoms with van der Waals surface area (Å²) in [5, 5.41) is 4.05. The van der Waals surface area contributed by atoms with E-state index in [-0.39, 0.29) is 5.56 Å². The van der Waals surface area contributed by atoms with Crippen molar-refractivity contribution >= 4 is 65.8 Å². The molecule has 0 amide bonds. The Morgan fingerprint density at radius 2 is 1.02 bits per heavy atom. The number of aromatic nitrogens is 4. The van der Waals surface area contributed by atoms with E-state index in [0.29, 0.717) is 5.39 Å². The number of benzene rings is 6. The quantitative estimate of drug-likeness (QED) is 0.152. The van der Waals surface area contributed by atoms with Crippen LogP contribution in [0.1, 0.15) is 0 Å². The maximum Gasteiger partial charge on any atom is 0.263 e. The Bertz CT molecular complexity index is 2840. The summed E-state index contributed by atoms with van der Waals surface area (Å²) in [6, 6.07) is 50.0. The summed E-state index contributed by atoms with van der Waals surface area (Å²) in [5.74, 6) is 0. The molecule has 0 unspecified atom stereocenters. The smallest absolute Gasteiger partial charge is 0.263 e. The third-order valence-electron chi connectivity index (χ3n) is 9.20. The molecule has 0 bridgehead atoms. The molecule has 10 rings (SSSR count). The molecular formula is C40H24N4O. The molecule has 210 valence electrons. The van der Waals surface area contributed by atoms with Crippen molar-refractivity contribution in [3.63, 3.8) is 0 Å². The third-order valence-corrected chi connectivity index (χ3v) is 9.20. The summed E-state index contributed by atoms with van der Waals surface area (Å²) in [6.07, 6.45) is 0. The molecule has 6 aromatic carbocycles. The molecule has 4 heterocycles. The van der Waals surface area contributed by atoms with E-state index in [1.54, 1.807) is 0 Å². The molecule has 0 radical (unpaired) electrons. The highest BCUT2D eigenvalue weighted by Crippen LogP contribution is 2.38. The van der Waals surface area contributed by atoms with Crippen LogP contribution < -0.4 is 5.56 Å². The molecule has 0 atom stereocenters. The first-order chi connectivity index (χ1) is 22.3. The number of nitrogens with zero attached hydrogens (tertiary/aromatic N) is 4. The number of para-hydroxylation sites is 4. The van der Waals surface area contributed by atoms with Crippen LogP contribution in [0.4, 0.5) is 0 Å². The van der Waals surface area contributed by atoms with E-state index in [2.05, 4.69) is 93.9 Å². The number of hydrogen-bond donors (Lipinski definition) is 0. The predicted octanol–water partition coefficient (Wildman–Crippen LogP) is 9.17. The molecule has 0 aliphatic heterocycles. The summed E-state index contributed by atoms with van der Waals surface area (Å²) >= 11 is 0. The highest BCUT2D eigenvalue weighted by atomic mass is 16.1. The van der Waals surface area contributed by atoms with Gasteiger partial charge in [0.05, 0.1) is 33.1 Å². The van der Waals surface area contributed by atoms with Gasteiger partial charge in [-0.2, -0.15) is 0 Å². The molecule has 45 heavy (non-hydrogen) atoms. The van der Waals surface area contributed by atoms with Gasteiger partial charge in [0.1, 0.15) is 5.52 Å². The Kier molecular flexibility index (Phi) is 4.80.